The maximum Gasteiger partial charge on any atom is 0.266 e. The summed E-state index contributed by atoms with van der Waals surface area (Å²) in [7, 11) is -3.99. The van der Waals surface area contributed by atoms with E-state index in [1.54, 1.807) is 11.8 Å². The van der Waals surface area contributed by atoms with Gasteiger partial charge in [0.2, 0.25) is 0 Å². The minimum absolute atomic E-state index is 0.0428. The average molecular weight is 488 g/mol. The molecule has 1 atom stereocenters. The van der Waals surface area contributed by atoms with Gasteiger partial charge in [0, 0.05) is 25.8 Å². The standard InChI is InChI=1S/C23H18ClNO3S3/c24-17-11-13-20(14-12-17)31(27,28)25-16-22(30-19-9-5-2-6-10-19)21(15-23(25)26)29-18-7-3-1-4-8-18/h1-15,22H,16H2. The molecule has 0 radical (unpaired) electrons. The number of rotatable bonds is 6. The van der Waals surface area contributed by atoms with Gasteiger partial charge in [-0.1, -0.05) is 59.8 Å². The number of thioether (sulfide) groups is 2. The Morgan fingerprint density at radius 1 is 0.839 bits per heavy atom. The summed E-state index contributed by atoms with van der Waals surface area (Å²) in [5.74, 6) is -0.543. The Kier molecular flexibility index (Phi) is 6.77. The molecule has 0 fully saturated rings. The van der Waals surface area contributed by atoms with E-state index in [0.717, 1.165) is 19.0 Å². The highest BCUT2D eigenvalue weighted by Gasteiger charge is 2.36. The molecule has 0 aliphatic carbocycles. The zero-order chi connectivity index (χ0) is 21.8. The first-order valence-corrected chi connectivity index (χ1v) is 12.9. The Labute approximate surface area is 195 Å². The maximum atomic E-state index is 13.2. The first kappa shape index (κ1) is 22.0. The molecule has 4 rings (SSSR count). The average Bonchev–Trinajstić information content (AvgIpc) is 2.77. The number of nitrogens with zero attached hydrogens (tertiary/aromatic N) is 1. The van der Waals surface area contributed by atoms with Crippen LogP contribution in [0.4, 0.5) is 0 Å². The van der Waals surface area contributed by atoms with E-state index in [4.69, 9.17) is 11.6 Å². The van der Waals surface area contributed by atoms with Crippen molar-refractivity contribution in [3.63, 3.8) is 0 Å². The van der Waals surface area contributed by atoms with Gasteiger partial charge in [0.25, 0.3) is 15.9 Å². The molecule has 8 heteroatoms. The zero-order valence-electron chi connectivity index (χ0n) is 16.2. The zero-order valence-corrected chi connectivity index (χ0v) is 19.4. The summed E-state index contributed by atoms with van der Waals surface area (Å²) in [5.41, 5.74) is 0. The summed E-state index contributed by atoms with van der Waals surface area (Å²) < 4.78 is 27.3. The van der Waals surface area contributed by atoms with Crippen molar-refractivity contribution in [2.75, 3.05) is 6.54 Å². The molecule has 0 saturated carbocycles. The number of benzene rings is 3. The highest BCUT2D eigenvalue weighted by molar-refractivity contribution is 8.06. The summed E-state index contributed by atoms with van der Waals surface area (Å²) in [6, 6.07) is 25.3. The van der Waals surface area contributed by atoms with Gasteiger partial charge in [0.1, 0.15) is 0 Å². The number of sulfonamides is 1. The fourth-order valence-corrected chi connectivity index (χ4v) is 6.91. The lowest BCUT2D eigenvalue weighted by Gasteiger charge is -2.31. The van der Waals surface area contributed by atoms with Crippen LogP contribution in [0.2, 0.25) is 5.02 Å². The Hall–Kier alpha value is -2.19. The van der Waals surface area contributed by atoms with Crippen LogP contribution in [-0.2, 0) is 14.8 Å². The van der Waals surface area contributed by atoms with Crippen molar-refractivity contribution in [1.82, 2.24) is 4.31 Å². The van der Waals surface area contributed by atoms with Crippen molar-refractivity contribution < 1.29 is 13.2 Å². The van der Waals surface area contributed by atoms with Gasteiger partial charge in [0.05, 0.1) is 16.7 Å². The highest BCUT2D eigenvalue weighted by atomic mass is 35.5. The van der Waals surface area contributed by atoms with E-state index in [-0.39, 0.29) is 16.7 Å². The van der Waals surface area contributed by atoms with Crippen LogP contribution in [-0.4, -0.2) is 30.4 Å². The molecule has 3 aromatic carbocycles. The van der Waals surface area contributed by atoms with Crippen molar-refractivity contribution in [2.45, 2.75) is 19.9 Å². The molecule has 0 bridgehead atoms. The minimum Gasteiger partial charge on any atom is -0.269 e. The molecule has 1 unspecified atom stereocenters. The van der Waals surface area contributed by atoms with Crippen LogP contribution in [0.3, 0.4) is 0 Å². The van der Waals surface area contributed by atoms with E-state index in [9.17, 15) is 13.2 Å². The quantitative estimate of drug-likeness (QED) is 0.446. The maximum absolute atomic E-state index is 13.2. The van der Waals surface area contributed by atoms with E-state index >= 15 is 0 Å². The van der Waals surface area contributed by atoms with Crippen molar-refractivity contribution >= 4 is 51.1 Å². The lowest BCUT2D eigenvalue weighted by Crippen LogP contribution is -2.43. The van der Waals surface area contributed by atoms with Gasteiger partial charge >= 0.3 is 0 Å². The number of carbonyl (C=O) groups is 1. The topological polar surface area (TPSA) is 54.5 Å². The molecular weight excluding hydrogens is 470 g/mol. The molecule has 0 saturated heterocycles. The molecule has 31 heavy (non-hydrogen) atoms. The lowest BCUT2D eigenvalue weighted by molar-refractivity contribution is -0.121. The van der Waals surface area contributed by atoms with Crippen LogP contribution in [0.5, 0.6) is 0 Å². The molecule has 0 aromatic heterocycles. The summed E-state index contributed by atoms with van der Waals surface area (Å²) >= 11 is 8.92. The molecule has 0 N–H and O–H groups in total. The fourth-order valence-electron chi connectivity index (χ4n) is 3.05. The van der Waals surface area contributed by atoms with Crippen LogP contribution in [0.15, 0.2) is 111 Å². The molecule has 1 aliphatic heterocycles. The monoisotopic (exact) mass is 487 g/mol. The van der Waals surface area contributed by atoms with E-state index in [1.807, 2.05) is 60.7 Å². The van der Waals surface area contributed by atoms with Crippen molar-refractivity contribution in [1.29, 1.82) is 0 Å². The molecule has 3 aromatic rings. The molecule has 1 aliphatic rings. The van der Waals surface area contributed by atoms with Gasteiger partial charge in [-0.25, -0.2) is 12.7 Å². The van der Waals surface area contributed by atoms with Gasteiger partial charge < -0.3 is 0 Å². The molecule has 4 nitrogen and oxygen atoms in total. The van der Waals surface area contributed by atoms with Crippen LogP contribution in [0.25, 0.3) is 0 Å². The Bertz CT molecular complexity index is 1200. The second kappa shape index (κ2) is 9.53. The largest absolute Gasteiger partial charge is 0.269 e. The second-order valence-electron chi connectivity index (χ2n) is 6.71. The predicted molar refractivity (Wildman–Crippen MR) is 127 cm³/mol. The van der Waals surface area contributed by atoms with Crippen molar-refractivity contribution in [3.05, 3.63) is 101 Å². The first-order valence-electron chi connectivity index (χ1n) is 9.42. The number of halogens is 1. The summed E-state index contributed by atoms with van der Waals surface area (Å²) in [6.45, 7) is 0.0506. The van der Waals surface area contributed by atoms with Gasteiger partial charge in [-0.2, -0.15) is 0 Å². The van der Waals surface area contributed by atoms with Crippen LogP contribution in [0, 0.1) is 0 Å². The third-order valence-electron chi connectivity index (χ3n) is 4.56. The van der Waals surface area contributed by atoms with Crippen molar-refractivity contribution in [2.24, 2.45) is 0 Å². The van der Waals surface area contributed by atoms with E-state index < -0.39 is 15.9 Å². The van der Waals surface area contributed by atoms with E-state index in [2.05, 4.69) is 0 Å². The van der Waals surface area contributed by atoms with E-state index in [0.29, 0.717) is 5.02 Å². The van der Waals surface area contributed by atoms with Gasteiger partial charge in [-0.05, 0) is 48.5 Å². The van der Waals surface area contributed by atoms with Gasteiger partial charge in [-0.15, -0.1) is 11.8 Å². The Morgan fingerprint density at radius 2 is 1.42 bits per heavy atom. The van der Waals surface area contributed by atoms with Crippen molar-refractivity contribution in [3.8, 4) is 0 Å². The normalized spacial score (nSPS) is 16.8. The van der Waals surface area contributed by atoms with Gasteiger partial charge in [0.15, 0.2) is 0 Å². The number of amides is 1. The SMILES string of the molecule is O=C1C=C(Sc2ccccc2)C(Sc2ccccc2)CN1S(=O)(=O)c1ccc(Cl)cc1. The van der Waals surface area contributed by atoms with Crippen LogP contribution < -0.4 is 0 Å². The van der Waals surface area contributed by atoms with Crippen LogP contribution in [0.1, 0.15) is 0 Å². The van der Waals surface area contributed by atoms with Crippen LogP contribution >= 0.6 is 35.1 Å². The molecule has 0 spiro atoms. The molecule has 158 valence electrons. The minimum atomic E-state index is -3.99. The lowest BCUT2D eigenvalue weighted by atomic mass is 10.3. The fraction of sp³-hybridized carbons (Fsp3) is 0.0870. The highest BCUT2D eigenvalue weighted by Crippen LogP contribution is 2.40. The number of carbonyl (C=O) groups excluding carboxylic acids is 1. The first-order chi connectivity index (χ1) is 14.9. The third kappa shape index (κ3) is 5.18. The smallest absolute Gasteiger partial charge is 0.266 e. The summed E-state index contributed by atoms with van der Waals surface area (Å²) in [6.07, 6.45) is 1.44. The Balaban J connectivity index is 1.68. The number of hydrogen-bond acceptors (Lipinski definition) is 5. The molecular formula is C23H18ClNO3S3. The van der Waals surface area contributed by atoms with Gasteiger partial charge in [-0.3, -0.25) is 4.79 Å². The Morgan fingerprint density at radius 3 is 2.03 bits per heavy atom. The second-order valence-corrected chi connectivity index (χ2v) is 11.4. The number of hydrogen-bond donors (Lipinski definition) is 0. The molecule has 1 heterocycles. The predicted octanol–water partition coefficient (Wildman–Crippen LogP) is 5.71. The molecule has 1 amide bonds. The summed E-state index contributed by atoms with van der Waals surface area (Å²) in [5, 5.41) is 0.204. The summed E-state index contributed by atoms with van der Waals surface area (Å²) in [4.78, 5) is 15.8. The van der Waals surface area contributed by atoms with E-state index in [1.165, 1.54) is 42.1 Å². The third-order valence-corrected chi connectivity index (χ3v) is 9.12.